The Morgan fingerprint density at radius 3 is 2.79 bits per heavy atom. The van der Waals surface area contributed by atoms with Gasteiger partial charge in [0.25, 0.3) is 5.56 Å². The fourth-order valence-corrected chi connectivity index (χ4v) is 6.56. The van der Waals surface area contributed by atoms with Crippen LogP contribution in [-0.4, -0.2) is 71.2 Å². The maximum Gasteiger partial charge on any atom is 0.414 e. The summed E-state index contributed by atoms with van der Waals surface area (Å²) in [7, 11) is 0. The van der Waals surface area contributed by atoms with Crippen LogP contribution in [0.15, 0.2) is 52.2 Å². The molecule has 0 bridgehead atoms. The number of halogens is 1. The third kappa shape index (κ3) is 5.02. The van der Waals surface area contributed by atoms with Gasteiger partial charge in [0, 0.05) is 60.9 Å². The number of aliphatic hydroxyl groups excluding tert-OH is 1. The van der Waals surface area contributed by atoms with Gasteiger partial charge in [0.1, 0.15) is 11.9 Å². The quantitative estimate of drug-likeness (QED) is 0.420. The number of rotatable bonds is 9. The third-order valence-electron chi connectivity index (χ3n) is 7.61. The van der Waals surface area contributed by atoms with Crippen molar-refractivity contribution in [3.8, 4) is 0 Å². The highest BCUT2D eigenvalue weighted by Crippen LogP contribution is 2.37. The zero-order valence-corrected chi connectivity index (χ0v) is 22.1. The molecule has 0 spiro atoms. The summed E-state index contributed by atoms with van der Waals surface area (Å²) < 4.78 is 22.3. The lowest BCUT2D eigenvalue weighted by molar-refractivity contribution is -0.113. The van der Waals surface area contributed by atoms with Crippen LogP contribution in [0.25, 0.3) is 10.9 Å². The van der Waals surface area contributed by atoms with Crippen LogP contribution in [0.4, 0.5) is 20.6 Å². The van der Waals surface area contributed by atoms with Gasteiger partial charge >= 0.3 is 6.09 Å². The normalized spacial score (nSPS) is 20.0. The van der Waals surface area contributed by atoms with Gasteiger partial charge in [0.15, 0.2) is 0 Å². The van der Waals surface area contributed by atoms with Gasteiger partial charge in [0.05, 0.1) is 23.5 Å². The summed E-state index contributed by atoms with van der Waals surface area (Å²) in [6.45, 7) is 2.52. The largest absolute Gasteiger partial charge is 0.444 e. The van der Waals surface area contributed by atoms with E-state index in [1.807, 2.05) is 12.1 Å². The van der Waals surface area contributed by atoms with Crippen LogP contribution in [0.5, 0.6) is 0 Å². The van der Waals surface area contributed by atoms with Crippen LogP contribution in [0.3, 0.4) is 0 Å². The molecular formula is C28H29FN4O5S. The SMILES string of the molecule is O=C1CSc2ccc(N3C[C@H](CCN(CCCO)C[C@H]4Cn5c(=O)ccc6ccc(F)c4c65)OC3=O)cc2N1. The minimum absolute atomic E-state index is 0.0319. The van der Waals surface area contributed by atoms with E-state index in [1.165, 1.54) is 23.9 Å². The second-order valence-electron chi connectivity index (χ2n) is 10.2. The number of carbonyl (C=O) groups is 2. The molecule has 9 nitrogen and oxygen atoms in total. The molecule has 3 aromatic rings. The molecule has 2 amide bonds. The van der Waals surface area contributed by atoms with Crippen molar-refractivity contribution in [3.05, 3.63) is 64.2 Å². The first-order valence-corrected chi connectivity index (χ1v) is 14.1. The molecule has 0 radical (unpaired) electrons. The van der Waals surface area contributed by atoms with E-state index in [4.69, 9.17) is 4.74 Å². The molecule has 3 aliphatic rings. The predicted molar refractivity (Wildman–Crippen MR) is 147 cm³/mol. The number of ether oxygens (including phenoxy) is 1. The number of benzene rings is 2. The van der Waals surface area contributed by atoms with E-state index in [1.54, 1.807) is 27.7 Å². The number of pyridine rings is 1. The predicted octanol–water partition coefficient (Wildman–Crippen LogP) is 3.38. The van der Waals surface area contributed by atoms with Crippen LogP contribution in [0, 0.1) is 5.82 Å². The number of hydrogen-bond donors (Lipinski definition) is 2. The van der Waals surface area contributed by atoms with E-state index in [2.05, 4.69) is 10.2 Å². The topological polar surface area (TPSA) is 104 Å². The highest BCUT2D eigenvalue weighted by Gasteiger charge is 2.34. The molecule has 2 N–H and O–H groups in total. The fraction of sp³-hybridized carbons (Fsp3) is 0.393. The smallest absolute Gasteiger partial charge is 0.414 e. The Balaban J connectivity index is 1.14. The molecule has 0 saturated carbocycles. The Morgan fingerprint density at radius 1 is 1.10 bits per heavy atom. The molecule has 0 aliphatic carbocycles. The Kier molecular flexibility index (Phi) is 7.05. The number of nitrogens with one attached hydrogen (secondary N) is 1. The van der Waals surface area contributed by atoms with Crippen molar-refractivity contribution < 1.29 is 23.8 Å². The standard InChI is InChI=1S/C28H29FN4O5S/c29-21-5-2-17-3-7-25(36)33-14-18(26(21)27(17)33)13-31(9-1-11-34)10-8-20-15-32(28(37)38-20)19-4-6-23-22(12-19)30-24(35)16-39-23/h2-7,12,18,20,34H,1,8-11,13-16H2,(H,30,35)/t18-,20-/m0/s1. The van der Waals surface area contributed by atoms with E-state index in [0.29, 0.717) is 73.8 Å². The molecule has 3 aliphatic heterocycles. The number of carbonyl (C=O) groups excluding carboxylic acids is 2. The zero-order valence-electron chi connectivity index (χ0n) is 21.3. The number of thioether (sulfide) groups is 1. The first kappa shape index (κ1) is 25.8. The number of fused-ring (bicyclic) bond motifs is 1. The van der Waals surface area contributed by atoms with Gasteiger partial charge in [0.2, 0.25) is 5.91 Å². The summed E-state index contributed by atoms with van der Waals surface area (Å²) in [6.07, 6.45) is 0.355. The van der Waals surface area contributed by atoms with E-state index in [0.717, 1.165) is 10.3 Å². The molecule has 1 aromatic heterocycles. The maximum absolute atomic E-state index is 15.0. The van der Waals surface area contributed by atoms with Gasteiger partial charge in [-0.25, -0.2) is 9.18 Å². The van der Waals surface area contributed by atoms with Gasteiger partial charge in [-0.15, -0.1) is 11.8 Å². The summed E-state index contributed by atoms with van der Waals surface area (Å²) in [5, 5.41) is 13.2. The Hall–Kier alpha value is -3.41. The first-order chi connectivity index (χ1) is 18.9. The fourth-order valence-electron chi connectivity index (χ4n) is 5.78. The molecule has 6 rings (SSSR count). The molecule has 2 aromatic carbocycles. The van der Waals surface area contributed by atoms with E-state index >= 15 is 0 Å². The third-order valence-corrected chi connectivity index (χ3v) is 8.68. The van der Waals surface area contributed by atoms with Gasteiger partial charge < -0.3 is 24.6 Å². The summed E-state index contributed by atoms with van der Waals surface area (Å²) in [5.41, 5.74) is 2.44. The number of nitrogens with zero attached hydrogens (tertiary/aromatic N) is 3. The molecule has 39 heavy (non-hydrogen) atoms. The molecule has 204 valence electrons. The number of hydrogen-bond acceptors (Lipinski definition) is 7. The van der Waals surface area contributed by atoms with Crippen molar-refractivity contribution in [2.24, 2.45) is 0 Å². The van der Waals surface area contributed by atoms with Crippen molar-refractivity contribution in [1.29, 1.82) is 0 Å². The van der Waals surface area contributed by atoms with Crippen LogP contribution in [-0.2, 0) is 16.1 Å². The number of aliphatic hydroxyl groups is 1. The van der Waals surface area contributed by atoms with E-state index in [-0.39, 0.29) is 35.9 Å². The highest BCUT2D eigenvalue weighted by atomic mass is 32.2. The number of cyclic esters (lactones) is 1. The second kappa shape index (κ2) is 10.6. The zero-order chi connectivity index (χ0) is 27.1. The molecular weight excluding hydrogens is 523 g/mol. The van der Waals surface area contributed by atoms with Crippen molar-refractivity contribution >= 4 is 46.0 Å². The summed E-state index contributed by atoms with van der Waals surface area (Å²) in [4.78, 5) is 41.7. The highest BCUT2D eigenvalue weighted by molar-refractivity contribution is 8.00. The molecule has 0 unspecified atom stereocenters. The molecule has 1 fully saturated rings. The van der Waals surface area contributed by atoms with Gasteiger partial charge in [-0.1, -0.05) is 0 Å². The summed E-state index contributed by atoms with van der Waals surface area (Å²) in [6, 6.07) is 12.0. The second-order valence-corrected chi connectivity index (χ2v) is 11.2. The first-order valence-electron chi connectivity index (χ1n) is 13.1. The Morgan fingerprint density at radius 2 is 1.95 bits per heavy atom. The lowest BCUT2D eigenvalue weighted by Crippen LogP contribution is -2.34. The number of aromatic nitrogens is 1. The van der Waals surface area contributed by atoms with Crippen LogP contribution >= 0.6 is 11.8 Å². The van der Waals surface area contributed by atoms with E-state index < -0.39 is 6.09 Å². The lowest BCUT2D eigenvalue weighted by Gasteiger charge is -2.26. The maximum atomic E-state index is 15.0. The van der Waals surface area contributed by atoms with Gasteiger partial charge in [-0.3, -0.25) is 14.5 Å². The Bertz CT molecular complexity index is 1510. The van der Waals surface area contributed by atoms with Crippen molar-refractivity contribution in [1.82, 2.24) is 9.47 Å². The van der Waals surface area contributed by atoms with Crippen LogP contribution < -0.4 is 15.8 Å². The van der Waals surface area contributed by atoms with Gasteiger partial charge in [-0.2, -0.15) is 0 Å². The van der Waals surface area contributed by atoms with Crippen LogP contribution in [0.2, 0.25) is 0 Å². The number of amides is 2. The molecule has 1 saturated heterocycles. The average molecular weight is 553 g/mol. The van der Waals surface area contributed by atoms with Crippen molar-refractivity contribution in [2.45, 2.75) is 36.3 Å². The Labute approximate surface area is 228 Å². The molecule has 11 heteroatoms. The molecule has 2 atom stereocenters. The van der Waals surface area contributed by atoms with Gasteiger partial charge in [-0.05, 0) is 54.6 Å². The van der Waals surface area contributed by atoms with Crippen molar-refractivity contribution in [2.75, 3.05) is 48.8 Å². The monoisotopic (exact) mass is 552 g/mol. The minimum atomic E-state index is -0.434. The minimum Gasteiger partial charge on any atom is -0.444 e. The summed E-state index contributed by atoms with van der Waals surface area (Å²) in [5.74, 6) is -0.209. The molecule has 4 heterocycles. The lowest BCUT2D eigenvalue weighted by atomic mass is 9.98. The van der Waals surface area contributed by atoms with Crippen molar-refractivity contribution in [3.63, 3.8) is 0 Å². The number of anilines is 2. The summed E-state index contributed by atoms with van der Waals surface area (Å²) >= 11 is 1.46. The van der Waals surface area contributed by atoms with E-state index in [9.17, 15) is 23.9 Å². The van der Waals surface area contributed by atoms with Crippen LogP contribution in [0.1, 0.15) is 24.3 Å². The average Bonchev–Trinajstić information content (AvgIpc) is 3.50.